The van der Waals surface area contributed by atoms with Crippen LogP contribution in [0.4, 0.5) is 10.5 Å². The third kappa shape index (κ3) is 5.17. The van der Waals surface area contributed by atoms with E-state index in [0.717, 1.165) is 36.9 Å². The van der Waals surface area contributed by atoms with Crippen LogP contribution in [-0.2, 0) is 9.53 Å². The van der Waals surface area contributed by atoms with Gasteiger partial charge in [0.25, 0.3) is 5.91 Å². The fourth-order valence-corrected chi connectivity index (χ4v) is 4.01. The monoisotopic (exact) mass is 399 g/mol. The number of aliphatic imine (C=N–C) groups is 1. The number of rotatable bonds is 6. The highest BCUT2D eigenvalue weighted by molar-refractivity contribution is 6.05. The number of para-hydroxylation sites is 1. The van der Waals surface area contributed by atoms with E-state index in [1.807, 2.05) is 35.4 Å². The van der Waals surface area contributed by atoms with E-state index < -0.39 is 0 Å². The Morgan fingerprint density at radius 3 is 2.66 bits per heavy atom. The molecule has 2 aliphatic heterocycles. The van der Waals surface area contributed by atoms with Gasteiger partial charge in [-0.1, -0.05) is 45.4 Å². The number of hydrogen-bond acceptors (Lipinski definition) is 4. The van der Waals surface area contributed by atoms with Crippen molar-refractivity contribution >= 4 is 23.9 Å². The van der Waals surface area contributed by atoms with Gasteiger partial charge in [-0.25, -0.2) is 4.79 Å². The molecule has 0 aromatic heterocycles. The number of carbonyl (C=O) groups excluding carboxylic acids is 2. The molecule has 1 atom stereocenters. The molecule has 0 bridgehead atoms. The first-order valence-corrected chi connectivity index (χ1v) is 10.9. The van der Waals surface area contributed by atoms with Crippen LogP contribution in [0.1, 0.15) is 52.0 Å². The summed E-state index contributed by atoms with van der Waals surface area (Å²) in [7, 11) is 0. The largest absolute Gasteiger partial charge is 0.449 e. The number of amides is 2. The Balaban J connectivity index is 1.68. The lowest BCUT2D eigenvalue weighted by atomic mass is 9.89. The van der Waals surface area contributed by atoms with Crippen molar-refractivity contribution in [3.63, 3.8) is 0 Å². The van der Waals surface area contributed by atoms with Crippen LogP contribution in [0.15, 0.2) is 29.3 Å². The van der Waals surface area contributed by atoms with Crippen molar-refractivity contribution in [3.05, 3.63) is 29.8 Å². The van der Waals surface area contributed by atoms with Crippen molar-refractivity contribution in [2.45, 2.75) is 52.5 Å². The van der Waals surface area contributed by atoms with Gasteiger partial charge in [0, 0.05) is 31.4 Å². The van der Waals surface area contributed by atoms with E-state index in [2.05, 4.69) is 20.8 Å². The highest BCUT2D eigenvalue weighted by Gasteiger charge is 2.37. The topological polar surface area (TPSA) is 62.2 Å². The number of benzodiazepines with no additional fused rings is 1. The van der Waals surface area contributed by atoms with E-state index in [0.29, 0.717) is 32.2 Å². The summed E-state index contributed by atoms with van der Waals surface area (Å²) in [6, 6.07) is 7.57. The first-order valence-electron chi connectivity index (χ1n) is 10.9. The number of nitrogens with zero attached hydrogens (tertiary/aromatic N) is 3. The van der Waals surface area contributed by atoms with E-state index in [4.69, 9.17) is 9.73 Å². The number of hydrogen-bond donors (Lipinski definition) is 0. The molecule has 6 nitrogen and oxygen atoms in total. The minimum atomic E-state index is -0.389. The predicted molar refractivity (Wildman–Crippen MR) is 116 cm³/mol. The van der Waals surface area contributed by atoms with Gasteiger partial charge in [-0.05, 0) is 37.2 Å². The minimum Gasteiger partial charge on any atom is -0.449 e. The molecule has 2 heterocycles. The van der Waals surface area contributed by atoms with Gasteiger partial charge in [0.05, 0.1) is 12.3 Å². The van der Waals surface area contributed by atoms with Crippen LogP contribution in [-0.4, -0.2) is 55.4 Å². The molecule has 0 spiro atoms. The van der Waals surface area contributed by atoms with Gasteiger partial charge in [0.2, 0.25) is 0 Å². The van der Waals surface area contributed by atoms with E-state index in [1.165, 1.54) is 0 Å². The molecule has 0 radical (unpaired) electrons. The zero-order valence-electron chi connectivity index (χ0n) is 17.8. The lowest BCUT2D eigenvalue weighted by Gasteiger charge is -2.35. The van der Waals surface area contributed by atoms with Gasteiger partial charge < -0.3 is 14.5 Å². The maximum atomic E-state index is 13.4. The molecule has 1 saturated heterocycles. The summed E-state index contributed by atoms with van der Waals surface area (Å²) >= 11 is 0. The average molecular weight is 400 g/mol. The molecule has 29 heavy (non-hydrogen) atoms. The Labute approximate surface area is 173 Å². The first-order chi connectivity index (χ1) is 14.0. The van der Waals surface area contributed by atoms with E-state index in [9.17, 15) is 9.59 Å². The molecule has 158 valence electrons. The summed E-state index contributed by atoms with van der Waals surface area (Å²) in [5.41, 5.74) is 1.93. The molecular weight excluding hydrogens is 366 g/mol. The van der Waals surface area contributed by atoms with Crippen molar-refractivity contribution in [3.8, 4) is 0 Å². The number of likely N-dealkylation sites (tertiary alicyclic amines) is 1. The Morgan fingerprint density at radius 2 is 1.97 bits per heavy atom. The third-order valence-electron chi connectivity index (χ3n) is 5.64. The number of carbonyl (C=O) groups is 2. The van der Waals surface area contributed by atoms with Gasteiger partial charge in [0.15, 0.2) is 0 Å². The normalized spacial score (nSPS) is 20.0. The maximum Gasteiger partial charge on any atom is 0.409 e. The SMILES string of the molecule is CCCCOC(=O)N1CCC(C2N=Cc3ccccc3N(CC(C)C)C2=O)CC1. The van der Waals surface area contributed by atoms with Crippen molar-refractivity contribution in [2.75, 3.05) is 31.1 Å². The second-order valence-corrected chi connectivity index (χ2v) is 8.42. The summed E-state index contributed by atoms with van der Waals surface area (Å²) in [5, 5.41) is 0. The molecule has 1 unspecified atom stereocenters. The number of benzene rings is 1. The number of fused-ring (bicyclic) bond motifs is 1. The van der Waals surface area contributed by atoms with E-state index >= 15 is 0 Å². The number of piperidine rings is 1. The van der Waals surface area contributed by atoms with Crippen molar-refractivity contribution in [1.82, 2.24) is 4.90 Å². The van der Waals surface area contributed by atoms with Gasteiger partial charge in [-0.2, -0.15) is 0 Å². The van der Waals surface area contributed by atoms with Gasteiger partial charge in [0.1, 0.15) is 6.04 Å². The third-order valence-corrected chi connectivity index (χ3v) is 5.64. The van der Waals surface area contributed by atoms with Crippen molar-refractivity contribution in [2.24, 2.45) is 16.8 Å². The van der Waals surface area contributed by atoms with Crippen molar-refractivity contribution in [1.29, 1.82) is 0 Å². The fraction of sp³-hybridized carbons (Fsp3) is 0.609. The number of unbranched alkanes of at least 4 members (excludes halogenated alkanes) is 1. The van der Waals surface area contributed by atoms with Crippen LogP contribution in [0.5, 0.6) is 0 Å². The molecule has 2 aliphatic rings. The quantitative estimate of drug-likeness (QED) is 0.676. The highest BCUT2D eigenvalue weighted by atomic mass is 16.6. The standard InChI is InChI=1S/C23H33N3O3/c1-4-5-14-29-23(28)25-12-10-18(11-13-25)21-22(27)26(16-17(2)3)20-9-7-6-8-19(20)15-24-21/h6-9,15,17-18,21H,4-5,10-14,16H2,1-3H3. The van der Waals surface area contributed by atoms with Crippen LogP contribution < -0.4 is 4.90 Å². The summed E-state index contributed by atoms with van der Waals surface area (Å²) in [4.78, 5) is 34.0. The van der Waals surface area contributed by atoms with Gasteiger partial charge >= 0.3 is 6.09 Å². The molecule has 1 aromatic rings. The first kappa shape index (κ1) is 21.3. The zero-order chi connectivity index (χ0) is 20.8. The second kappa shape index (κ2) is 9.90. The van der Waals surface area contributed by atoms with Gasteiger partial charge in [-0.3, -0.25) is 9.79 Å². The molecule has 0 N–H and O–H groups in total. The smallest absolute Gasteiger partial charge is 0.409 e. The summed E-state index contributed by atoms with van der Waals surface area (Å²) in [6.07, 6.45) is 5.04. The van der Waals surface area contributed by atoms with Crippen LogP contribution in [0.25, 0.3) is 0 Å². The molecule has 0 aliphatic carbocycles. The molecule has 6 heteroatoms. The molecule has 1 aromatic carbocycles. The Bertz CT molecular complexity index is 739. The second-order valence-electron chi connectivity index (χ2n) is 8.42. The van der Waals surface area contributed by atoms with Crippen LogP contribution >= 0.6 is 0 Å². The Morgan fingerprint density at radius 1 is 1.24 bits per heavy atom. The molecule has 1 fully saturated rings. The molecule has 2 amide bonds. The maximum absolute atomic E-state index is 13.4. The minimum absolute atomic E-state index is 0.0730. The summed E-state index contributed by atoms with van der Waals surface area (Å²) in [6.45, 7) is 8.71. The predicted octanol–water partition coefficient (Wildman–Crippen LogP) is 4.13. The van der Waals surface area contributed by atoms with Crippen molar-refractivity contribution < 1.29 is 14.3 Å². The summed E-state index contributed by atoms with van der Waals surface area (Å²) in [5.74, 6) is 0.580. The molecule has 0 saturated carbocycles. The number of ether oxygens (including phenoxy) is 1. The highest BCUT2D eigenvalue weighted by Crippen LogP contribution is 2.30. The van der Waals surface area contributed by atoms with Crippen LogP contribution in [0, 0.1) is 11.8 Å². The fourth-order valence-electron chi connectivity index (χ4n) is 4.01. The van der Waals surface area contributed by atoms with Gasteiger partial charge in [-0.15, -0.1) is 0 Å². The Kier molecular flexibility index (Phi) is 7.29. The van der Waals surface area contributed by atoms with E-state index in [-0.39, 0.29) is 24.0 Å². The molecule has 3 rings (SSSR count). The number of anilines is 1. The van der Waals surface area contributed by atoms with Crippen LogP contribution in [0.3, 0.4) is 0 Å². The molecular formula is C23H33N3O3. The van der Waals surface area contributed by atoms with E-state index in [1.54, 1.807) is 4.90 Å². The lowest BCUT2D eigenvalue weighted by molar-refractivity contribution is -0.121. The average Bonchev–Trinajstić information content (AvgIpc) is 2.85. The zero-order valence-corrected chi connectivity index (χ0v) is 17.8. The lowest BCUT2D eigenvalue weighted by Crippen LogP contribution is -2.47. The summed E-state index contributed by atoms with van der Waals surface area (Å²) < 4.78 is 5.33. The Hall–Kier alpha value is -2.37. The van der Waals surface area contributed by atoms with Crippen LogP contribution in [0.2, 0.25) is 0 Å².